The molecule has 0 radical (unpaired) electrons. The second-order valence-electron chi connectivity index (χ2n) is 10.6. The van der Waals surface area contributed by atoms with Crippen molar-refractivity contribution in [3.8, 4) is 0 Å². The van der Waals surface area contributed by atoms with Crippen molar-refractivity contribution in [2.75, 3.05) is 12.4 Å². The standard InChI is InChI=1S/C28H31ClN4O7/c1-28(2,3)40-27(38)30-14-15-5-8-20(17(9-15)11-23(35)39-4)31-22(34)13-19-7-6-16-10-18(29)12-21-24(16)33(19)26(37)25(36)32-21/h5,8-10,12,19H,6-7,11,13-14H2,1-4H3,(H,30,38)(H,31,34)(H,32,36)/t19-/m0/s1. The second kappa shape index (κ2) is 11.5. The number of esters is 1. The molecule has 0 fully saturated rings. The molecule has 1 aromatic heterocycles. The SMILES string of the molecule is COC(=O)Cc1cc(CNC(=O)OC(C)(C)C)ccc1NC(=O)C[C@@H]1CCc2cc(Cl)cc3[nH]c(=O)c(=O)n1c23. The van der Waals surface area contributed by atoms with E-state index < -0.39 is 40.7 Å². The van der Waals surface area contributed by atoms with E-state index in [4.69, 9.17) is 21.1 Å². The van der Waals surface area contributed by atoms with Gasteiger partial charge in [-0.1, -0.05) is 23.7 Å². The molecule has 2 heterocycles. The summed E-state index contributed by atoms with van der Waals surface area (Å²) in [7, 11) is 1.27. The molecule has 1 atom stereocenters. The molecule has 3 aromatic rings. The number of amides is 2. The first kappa shape index (κ1) is 28.9. The summed E-state index contributed by atoms with van der Waals surface area (Å²) in [5, 5.41) is 5.94. The van der Waals surface area contributed by atoms with Crippen LogP contribution in [0.25, 0.3) is 11.0 Å². The number of benzene rings is 2. The van der Waals surface area contributed by atoms with Crippen molar-refractivity contribution in [1.82, 2.24) is 14.9 Å². The van der Waals surface area contributed by atoms with Crippen LogP contribution in [0.15, 0.2) is 39.9 Å². The van der Waals surface area contributed by atoms with E-state index in [-0.39, 0.29) is 19.4 Å². The maximum atomic E-state index is 13.2. The number of halogens is 1. The minimum Gasteiger partial charge on any atom is -0.469 e. The summed E-state index contributed by atoms with van der Waals surface area (Å²) in [6.45, 7) is 5.42. The van der Waals surface area contributed by atoms with Crippen molar-refractivity contribution in [2.24, 2.45) is 0 Å². The first-order valence-electron chi connectivity index (χ1n) is 12.8. The van der Waals surface area contributed by atoms with Gasteiger partial charge in [0.1, 0.15) is 5.60 Å². The Bertz CT molecular complexity index is 1600. The number of hydrogen-bond acceptors (Lipinski definition) is 7. The van der Waals surface area contributed by atoms with E-state index in [0.29, 0.717) is 45.7 Å². The fraction of sp³-hybridized carbons (Fsp3) is 0.393. The monoisotopic (exact) mass is 570 g/mol. The molecule has 12 heteroatoms. The van der Waals surface area contributed by atoms with Crippen LogP contribution < -0.4 is 21.8 Å². The van der Waals surface area contributed by atoms with E-state index in [9.17, 15) is 24.0 Å². The molecule has 0 spiro atoms. The molecule has 3 N–H and O–H groups in total. The molecule has 2 aromatic carbocycles. The Morgan fingerprint density at radius 3 is 2.60 bits per heavy atom. The fourth-order valence-corrected chi connectivity index (χ4v) is 5.00. The largest absolute Gasteiger partial charge is 0.469 e. The van der Waals surface area contributed by atoms with Crippen LogP contribution in [0.1, 0.15) is 56.3 Å². The smallest absolute Gasteiger partial charge is 0.407 e. The van der Waals surface area contributed by atoms with Gasteiger partial charge in [-0.15, -0.1) is 0 Å². The Hall–Kier alpha value is -4.12. The number of methoxy groups -OCH3 is 1. The third-order valence-corrected chi connectivity index (χ3v) is 6.65. The number of ether oxygens (including phenoxy) is 2. The number of aromatic nitrogens is 2. The van der Waals surface area contributed by atoms with Crippen molar-refractivity contribution in [1.29, 1.82) is 0 Å². The Morgan fingerprint density at radius 2 is 1.90 bits per heavy atom. The van der Waals surface area contributed by atoms with Gasteiger partial charge in [0.25, 0.3) is 0 Å². The number of aromatic amines is 1. The average molecular weight is 571 g/mol. The summed E-state index contributed by atoms with van der Waals surface area (Å²) in [5.41, 5.74) is 1.22. The number of H-pyrrole nitrogens is 1. The highest BCUT2D eigenvalue weighted by Crippen LogP contribution is 2.32. The number of nitrogens with one attached hydrogen (secondary N) is 3. The zero-order valence-electron chi connectivity index (χ0n) is 22.7. The second-order valence-corrected chi connectivity index (χ2v) is 11.1. The normalized spacial score (nSPS) is 14.5. The fourth-order valence-electron chi connectivity index (χ4n) is 4.76. The average Bonchev–Trinajstić information content (AvgIpc) is 2.86. The number of alkyl carbamates (subject to hydrolysis) is 1. The molecule has 4 rings (SSSR count). The van der Waals surface area contributed by atoms with Crippen molar-refractivity contribution in [2.45, 2.75) is 64.6 Å². The molecule has 212 valence electrons. The van der Waals surface area contributed by atoms with E-state index >= 15 is 0 Å². The van der Waals surface area contributed by atoms with Gasteiger partial charge in [0, 0.05) is 29.7 Å². The van der Waals surface area contributed by atoms with Crippen molar-refractivity contribution in [3.63, 3.8) is 0 Å². The molecule has 0 aliphatic carbocycles. The maximum absolute atomic E-state index is 13.2. The van der Waals surface area contributed by atoms with Gasteiger partial charge in [0.2, 0.25) is 5.91 Å². The van der Waals surface area contributed by atoms with Crippen molar-refractivity contribution in [3.05, 3.63) is 72.8 Å². The van der Waals surface area contributed by atoms with Crippen LogP contribution >= 0.6 is 11.6 Å². The zero-order valence-corrected chi connectivity index (χ0v) is 23.4. The van der Waals surface area contributed by atoms with Crippen LogP contribution in [0.4, 0.5) is 10.5 Å². The molecule has 40 heavy (non-hydrogen) atoms. The number of nitrogens with zero attached hydrogens (tertiary/aromatic N) is 1. The first-order valence-corrected chi connectivity index (χ1v) is 13.1. The lowest BCUT2D eigenvalue weighted by Crippen LogP contribution is -2.41. The van der Waals surface area contributed by atoms with Crippen LogP contribution in [-0.2, 0) is 38.4 Å². The van der Waals surface area contributed by atoms with E-state index in [0.717, 1.165) is 5.56 Å². The third-order valence-electron chi connectivity index (χ3n) is 6.43. The van der Waals surface area contributed by atoms with Gasteiger partial charge in [0.05, 0.1) is 24.6 Å². The van der Waals surface area contributed by atoms with E-state index in [1.165, 1.54) is 11.7 Å². The van der Waals surface area contributed by atoms with Gasteiger partial charge in [-0.3, -0.25) is 23.7 Å². The number of carbonyl (C=O) groups excluding carboxylic acids is 3. The molecule has 0 saturated heterocycles. The van der Waals surface area contributed by atoms with E-state index in [1.54, 1.807) is 51.1 Å². The number of carbonyl (C=O) groups is 3. The zero-order chi connectivity index (χ0) is 29.2. The van der Waals surface area contributed by atoms with Crippen molar-refractivity contribution < 1.29 is 23.9 Å². The van der Waals surface area contributed by atoms with Gasteiger partial charge in [0.15, 0.2) is 0 Å². The Morgan fingerprint density at radius 1 is 1.15 bits per heavy atom. The lowest BCUT2D eigenvalue weighted by Gasteiger charge is -2.27. The number of rotatable bonds is 7. The molecular weight excluding hydrogens is 540 g/mol. The number of aryl methyl sites for hydroxylation is 1. The third kappa shape index (κ3) is 6.71. The molecule has 0 bridgehead atoms. The van der Waals surface area contributed by atoms with Gasteiger partial charge < -0.3 is 25.1 Å². The molecule has 2 amide bonds. The Kier molecular flexibility index (Phi) is 8.34. The molecule has 0 saturated carbocycles. The highest BCUT2D eigenvalue weighted by molar-refractivity contribution is 6.31. The lowest BCUT2D eigenvalue weighted by molar-refractivity contribution is -0.139. The highest BCUT2D eigenvalue weighted by atomic mass is 35.5. The van der Waals surface area contributed by atoms with Crippen LogP contribution in [-0.4, -0.2) is 40.2 Å². The van der Waals surface area contributed by atoms with E-state index in [2.05, 4.69) is 15.6 Å². The van der Waals surface area contributed by atoms with E-state index in [1.807, 2.05) is 0 Å². The summed E-state index contributed by atoms with van der Waals surface area (Å²) >= 11 is 6.18. The lowest BCUT2D eigenvalue weighted by atomic mass is 9.96. The van der Waals surface area contributed by atoms with Gasteiger partial charge >= 0.3 is 23.2 Å². The molecule has 1 aliphatic heterocycles. The maximum Gasteiger partial charge on any atom is 0.407 e. The summed E-state index contributed by atoms with van der Waals surface area (Å²) in [6, 6.07) is 7.82. The van der Waals surface area contributed by atoms with Gasteiger partial charge in [-0.25, -0.2) is 4.79 Å². The summed E-state index contributed by atoms with van der Waals surface area (Å²) < 4.78 is 11.4. The number of hydrogen-bond donors (Lipinski definition) is 3. The van der Waals surface area contributed by atoms with Gasteiger partial charge in [-0.05, 0) is 68.5 Å². The number of anilines is 1. The first-order chi connectivity index (χ1) is 18.8. The Balaban J connectivity index is 1.55. The summed E-state index contributed by atoms with van der Waals surface area (Å²) in [6.07, 6.45) is 0.273. The quantitative estimate of drug-likeness (QED) is 0.290. The molecule has 11 nitrogen and oxygen atoms in total. The Labute approximate surface area is 234 Å². The van der Waals surface area contributed by atoms with Crippen molar-refractivity contribution >= 4 is 46.3 Å². The predicted octanol–water partition coefficient (Wildman–Crippen LogP) is 3.60. The summed E-state index contributed by atoms with van der Waals surface area (Å²) in [4.78, 5) is 65.0. The van der Waals surface area contributed by atoms with Crippen LogP contribution in [0.2, 0.25) is 5.02 Å². The predicted molar refractivity (Wildman–Crippen MR) is 150 cm³/mol. The van der Waals surface area contributed by atoms with Crippen LogP contribution in [0.3, 0.4) is 0 Å². The molecule has 1 aliphatic rings. The minimum absolute atomic E-state index is 0.0693. The summed E-state index contributed by atoms with van der Waals surface area (Å²) in [5.74, 6) is -0.902. The van der Waals surface area contributed by atoms with Crippen LogP contribution in [0, 0.1) is 0 Å². The highest BCUT2D eigenvalue weighted by Gasteiger charge is 2.27. The van der Waals surface area contributed by atoms with Crippen LogP contribution in [0.5, 0.6) is 0 Å². The topological polar surface area (TPSA) is 149 Å². The molecule has 0 unspecified atom stereocenters. The van der Waals surface area contributed by atoms with Gasteiger partial charge in [-0.2, -0.15) is 0 Å². The minimum atomic E-state index is -0.788. The molecular formula is C28H31ClN4O7.